The van der Waals surface area contributed by atoms with Crippen LogP contribution < -0.4 is 5.56 Å². The lowest BCUT2D eigenvalue weighted by molar-refractivity contribution is 0.114. The zero-order chi connectivity index (χ0) is 23.7. The average Bonchev–Trinajstić information content (AvgIpc) is 3.22. The summed E-state index contributed by atoms with van der Waals surface area (Å²) in [4.78, 5) is 18.3. The highest BCUT2D eigenvalue weighted by Crippen LogP contribution is 2.33. The molecule has 0 saturated carbocycles. The van der Waals surface area contributed by atoms with Crippen LogP contribution in [0.3, 0.4) is 0 Å². The van der Waals surface area contributed by atoms with Gasteiger partial charge < -0.3 is 9.30 Å². The number of halogens is 1. The van der Waals surface area contributed by atoms with Crippen LogP contribution >= 0.6 is 15.9 Å². The normalized spacial score (nSPS) is 11.5. The second-order valence-corrected chi connectivity index (χ2v) is 9.06. The van der Waals surface area contributed by atoms with Gasteiger partial charge in [0.05, 0.1) is 27.9 Å². The van der Waals surface area contributed by atoms with E-state index in [-0.39, 0.29) is 5.56 Å². The van der Waals surface area contributed by atoms with E-state index in [1.54, 1.807) is 6.20 Å². The van der Waals surface area contributed by atoms with Gasteiger partial charge in [0.1, 0.15) is 5.69 Å². The maximum Gasteiger partial charge on any atom is 0.282 e. The first-order valence-electron chi connectivity index (χ1n) is 11.4. The predicted molar refractivity (Wildman–Crippen MR) is 139 cm³/mol. The van der Waals surface area contributed by atoms with E-state index in [0.29, 0.717) is 24.4 Å². The van der Waals surface area contributed by atoms with Gasteiger partial charge in [-0.05, 0) is 46.1 Å². The summed E-state index contributed by atoms with van der Waals surface area (Å²) in [6.07, 6.45) is 3.80. The predicted octanol–water partition coefficient (Wildman–Crippen LogP) is 5.99. The van der Waals surface area contributed by atoms with Crippen LogP contribution in [0.4, 0.5) is 0 Å². The first kappa shape index (κ1) is 22.5. The van der Waals surface area contributed by atoms with Crippen molar-refractivity contribution in [2.24, 2.45) is 7.05 Å². The largest absolute Gasteiger partial charge is 0.375 e. The van der Waals surface area contributed by atoms with Crippen molar-refractivity contribution in [3.05, 3.63) is 87.4 Å². The lowest BCUT2D eigenvalue weighted by Gasteiger charge is -2.17. The Morgan fingerprint density at radius 3 is 2.65 bits per heavy atom. The minimum absolute atomic E-state index is 0.173. The molecule has 5 rings (SSSR count). The fourth-order valence-electron chi connectivity index (χ4n) is 4.23. The summed E-state index contributed by atoms with van der Waals surface area (Å²) < 4.78 is 10.3. The fourth-order valence-corrected chi connectivity index (χ4v) is 4.97. The molecule has 0 spiro atoms. The van der Waals surface area contributed by atoms with Crippen molar-refractivity contribution in [2.75, 3.05) is 6.61 Å². The molecule has 6 nitrogen and oxygen atoms in total. The van der Waals surface area contributed by atoms with Crippen molar-refractivity contribution in [2.45, 2.75) is 26.4 Å². The maximum atomic E-state index is 13.9. The van der Waals surface area contributed by atoms with Gasteiger partial charge in [-0.1, -0.05) is 55.8 Å². The SMILES string of the molecule is CCCCOCc1c(-c2ccc3ncccc3c2)c(=O)n2nc(-c3ccccc3)c(Br)c2n1C. The maximum absolute atomic E-state index is 13.9. The highest BCUT2D eigenvalue weighted by Gasteiger charge is 2.23. The molecule has 0 fully saturated rings. The van der Waals surface area contributed by atoms with Gasteiger partial charge in [-0.2, -0.15) is 9.61 Å². The molecule has 0 radical (unpaired) electrons. The Balaban J connectivity index is 1.76. The molecule has 0 aliphatic carbocycles. The highest BCUT2D eigenvalue weighted by molar-refractivity contribution is 9.10. The lowest BCUT2D eigenvalue weighted by atomic mass is 10.0. The lowest BCUT2D eigenvalue weighted by Crippen LogP contribution is -2.24. The Morgan fingerprint density at radius 1 is 1.03 bits per heavy atom. The molecule has 172 valence electrons. The van der Waals surface area contributed by atoms with E-state index in [2.05, 4.69) is 27.8 Å². The van der Waals surface area contributed by atoms with E-state index in [4.69, 9.17) is 9.84 Å². The molecule has 34 heavy (non-hydrogen) atoms. The Bertz CT molecular complexity index is 1540. The molecular formula is C27H25BrN4O2. The quantitative estimate of drug-likeness (QED) is 0.249. The summed E-state index contributed by atoms with van der Waals surface area (Å²) in [6, 6.07) is 19.7. The van der Waals surface area contributed by atoms with E-state index in [1.807, 2.05) is 72.3 Å². The monoisotopic (exact) mass is 516 g/mol. The van der Waals surface area contributed by atoms with Crippen LogP contribution in [-0.4, -0.2) is 25.8 Å². The molecule has 7 heteroatoms. The standard InChI is InChI=1S/C27H25BrN4O2/c1-3-4-15-34-17-22-23(20-12-13-21-19(16-20)11-8-14-29-21)27(33)32-26(31(22)2)24(28)25(30-32)18-9-6-5-7-10-18/h5-14,16H,3-4,15,17H2,1-2H3. The number of aryl methyl sites for hydroxylation is 1. The zero-order valence-corrected chi connectivity index (χ0v) is 20.7. The van der Waals surface area contributed by atoms with Crippen LogP contribution in [0.25, 0.3) is 38.9 Å². The van der Waals surface area contributed by atoms with Crippen molar-refractivity contribution in [1.29, 1.82) is 0 Å². The minimum atomic E-state index is -0.173. The van der Waals surface area contributed by atoms with Crippen molar-refractivity contribution >= 4 is 32.5 Å². The number of unbranched alkanes of at least 4 members (excludes halogenated alkanes) is 1. The van der Waals surface area contributed by atoms with Crippen molar-refractivity contribution in [1.82, 2.24) is 19.2 Å². The van der Waals surface area contributed by atoms with Crippen LogP contribution in [0, 0.1) is 0 Å². The van der Waals surface area contributed by atoms with Crippen LogP contribution in [-0.2, 0) is 18.4 Å². The van der Waals surface area contributed by atoms with E-state index < -0.39 is 0 Å². The number of hydrogen-bond donors (Lipinski definition) is 0. The second-order valence-electron chi connectivity index (χ2n) is 8.27. The Hall–Kier alpha value is -3.29. The number of hydrogen-bond acceptors (Lipinski definition) is 4. The number of nitrogens with zero attached hydrogens (tertiary/aromatic N) is 4. The van der Waals surface area contributed by atoms with Gasteiger partial charge in [0.2, 0.25) is 0 Å². The van der Waals surface area contributed by atoms with Crippen molar-refractivity contribution in [3.8, 4) is 22.4 Å². The van der Waals surface area contributed by atoms with Gasteiger partial charge in [0, 0.05) is 30.8 Å². The fraction of sp³-hybridized carbons (Fsp3) is 0.222. The van der Waals surface area contributed by atoms with Crippen LogP contribution in [0.2, 0.25) is 0 Å². The summed E-state index contributed by atoms with van der Waals surface area (Å²) in [6.45, 7) is 3.11. The Kier molecular flexibility index (Phi) is 6.30. The molecule has 0 aliphatic rings. The number of fused-ring (bicyclic) bond motifs is 2. The number of rotatable bonds is 7. The molecule has 3 heterocycles. The third-order valence-corrected chi connectivity index (χ3v) is 6.77. The number of benzene rings is 2. The smallest absolute Gasteiger partial charge is 0.282 e. The van der Waals surface area contributed by atoms with Crippen molar-refractivity contribution in [3.63, 3.8) is 0 Å². The Morgan fingerprint density at radius 2 is 1.85 bits per heavy atom. The summed E-state index contributed by atoms with van der Waals surface area (Å²) in [5.41, 5.74) is 5.31. The molecule has 2 aromatic carbocycles. The molecule has 0 saturated heterocycles. The second kappa shape index (κ2) is 9.52. The first-order chi connectivity index (χ1) is 16.6. The molecule has 3 aromatic heterocycles. The van der Waals surface area contributed by atoms with E-state index in [0.717, 1.165) is 50.7 Å². The third kappa shape index (κ3) is 3.95. The first-order valence-corrected chi connectivity index (χ1v) is 12.2. The molecular weight excluding hydrogens is 492 g/mol. The number of aromatic nitrogens is 4. The summed E-state index contributed by atoms with van der Waals surface area (Å²) in [5.74, 6) is 0. The van der Waals surface area contributed by atoms with Gasteiger partial charge in [0.25, 0.3) is 5.56 Å². The van der Waals surface area contributed by atoms with Gasteiger partial charge in [-0.15, -0.1) is 0 Å². The molecule has 0 N–H and O–H groups in total. The zero-order valence-electron chi connectivity index (χ0n) is 19.2. The van der Waals surface area contributed by atoms with Gasteiger partial charge >= 0.3 is 0 Å². The topological polar surface area (TPSA) is 61.4 Å². The van der Waals surface area contributed by atoms with E-state index >= 15 is 0 Å². The summed E-state index contributed by atoms with van der Waals surface area (Å²) in [7, 11) is 1.96. The van der Waals surface area contributed by atoms with Crippen LogP contribution in [0.5, 0.6) is 0 Å². The Labute approximate surface area is 206 Å². The number of ether oxygens (including phenoxy) is 1. The third-order valence-electron chi connectivity index (χ3n) is 6.04. The minimum Gasteiger partial charge on any atom is -0.375 e. The van der Waals surface area contributed by atoms with Crippen LogP contribution in [0.1, 0.15) is 25.5 Å². The molecule has 0 unspecified atom stereocenters. The molecule has 0 amide bonds. The molecule has 0 aliphatic heterocycles. The number of pyridine rings is 1. The summed E-state index contributed by atoms with van der Waals surface area (Å²) in [5, 5.41) is 5.70. The highest BCUT2D eigenvalue weighted by atomic mass is 79.9. The molecule has 5 aromatic rings. The van der Waals surface area contributed by atoms with E-state index in [1.165, 1.54) is 4.52 Å². The van der Waals surface area contributed by atoms with Crippen molar-refractivity contribution < 1.29 is 4.74 Å². The molecule has 0 atom stereocenters. The average molecular weight is 517 g/mol. The van der Waals surface area contributed by atoms with Crippen LogP contribution in [0.15, 0.2) is 76.1 Å². The van der Waals surface area contributed by atoms with E-state index in [9.17, 15) is 4.79 Å². The summed E-state index contributed by atoms with van der Waals surface area (Å²) >= 11 is 3.72. The molecule has 0 bridgehead atoms. The van der Waals surface area contributed by atoms with Gasteiger partial charge in [-0.25, -0.2) is 0 Å². The van der Waals surface area contributed by atoms with Gasteiger partial charge in [0.15, 0.2) is 5.65 Å². The van der Waals surface area contributed by atoms with Gasteiger partial charge in [-0.3, -0.25) is 9.78 Å².